The van der Waals surface area contributed by atoms with Crippen LogP contribution in [0.3, 0.4) is 0 Å². The van der Waals surface area contributed by atoms with Gasteiger partial charge in [-0.15, -0.1) is 0 Å². The number of alkyl halides is 3. The summed E-state index contributed by atoms with van der Waals surface area (Å²) in [4.78, 5) is 2.08. The third-order valence-corrected chi connectivity index (χ3v) is 3.33. The van der Waals surface area contributed by atoms with Crippen LogP contribution in [0.1, 0.15) is 18.1 Å². The molecule has 20 heavy (non-hydrogen) atoms. The monoisotopic (exact) mass is 288 g/mol. The number of rotatable bonds is 3. The van der Waals surface area contributed by atoms with Crippen LogP contribution < -0.4 is 5.73 Å². The first-order chi connectivity index (χ1) is 9.38. The molecule has 112 valence electrons. The van der Waals surface area contributed by atoms with Crippen LogP contribution in [0.5, 0.6) is 0 Å². The molecule has 1 aliphatic heterocycles. The molecule has 2 atom stereocenters. The Balaban J connectivity index is 2.06. The van der Waals surface area contributed by atoms with Gasteiger partial charge in [-0.3, -0.25) is 4.90 Å². The highest BCUT2D eigenvalue weighted by Crippen LogP contribution is 2.29. The van der Waals surface area contributed by atoms with Crippen LogP contribution in [0, 0.1) is 0 Å². The summed E-state index contributed by atoms with van der Waals surface area (Å²) < 4.78 is 43.7. The van der Waals surface area contributed by atoms with Crippen LogP contribution >= 0.6 is 0 Å². The highest BCUT2D eigenvalue weighted by molar-refractivity contribution is 5.25. The fraction of sp³-hybridized carbons (Fsp3) is 0.571. The minimum atomic E-state index is -4.30. The summed E-state index contributed by atoms with van der Waals surface area (Å²) in [7, 11) is 0. The lowest BCUT2D eigenvalue weighted by Gasteiger charge is -2.36. The molecule has 2 N–H and O–H groups in total. The van der Waals surface area contributed by atoms with Gasteiger partial charge < -0.3 is 10.5 Å². The second-order valence-corrected chi connectivity index (χ2v) is 5.20. The number of nitrogens with zero attached hydrogens (tertiary/aromatic N) is 1. The van der Waals surface area contributed by atoms with Crippen LogP contribution in [0.2, 0.25) is 0 Å². The second-order valence-electron chi connectivity index (χ2n) is 5.20. The normalized spacial score (nSPS) is 24.9. The van der Waals surface area contributed by atoms with Gasteiger partial charge in [0.05, 0.1) is 17.8 Å². The minimum absolute atomic E-state index is 0.0445. The summed E-state index contributed by atoms with van der Waals surface area (Å²) >= 11 is 0. The van der Waals surface area contributed by atoms with Crippen LogP contribution in [0.15, 0.2) is 24.3 Å². The molecule has 0 bridgehead atoms. The lowest BCUT2D eigenvalue weighted by Crippen LogP contribution is -2.48. The van der Waals surface area contributed by atoms with Crippen LogP contribution in [-0.4, -0.2) is 36.7 Å². The van der Waals surface area contributed by atoms with Crippen molar-refractivity contribution in [2.45, 2.75) is 31.9 Å². The molecule has 1 aromatic carbocycles. The number of hydrogen-bond donors (Lipinski definition) is 1. The van der Waals surface area contributed by atoms with E-state index in [0.717, 1.165) is 6.07 Å². The molecule has 0 spiro atoms. The van der Waals surface area contributed by atoms with E-state index in [-0.39, 0.29) is 12.2 Å². The quantitative estimate of drug-likeness (QED) is 0.927. The Hall–Kier alpha value is -1.11. The van der Waals surface area contributed by atoms with Gasteiger partial charge in [0.1, 0.15) is 0 Å². The van der Waals surface area contributed by atoms with Gasteiger partial charge in [0.15, 0.2) is 0 Å². The predicted molar refractivity (Wildman–Crippen MR) is 70.1 cm³/mol. The molecule has 2 unspecified atom stereocenters. The van der Waals surface area contributed by atoms with E-state index in [1.165, 1.54) is 12.1 Å². The molecule has 0 amide bonds. The summed E-state index contributed by atoms with van der Waals surface area (Å²) in [5, 5.41) is 0. The summed E-state index contributed by atoms with van der Waals surface area (Å²) in [6, 6.07) is 5.46. The summed E-state index contributed by atoms with van der Waals surface area (Å²) in [6.45, 7) is 4.20. The van der Waals surface area contributed by atoms with Crippen LogP contribution in [0.25, 0.3) is 0 Å². The zero-order chi connectivity index (χ0) is 14.8. The Labute approximate surface area is 116 Å². The minimum Gasteiger partial charge on any atom is -0.371 e. The molecule has 1 heterocycles. The third kappa shape index (κ3) is 3.94. The summed E-state index contributed by atoms with van der Waals surface area (Å²) in [5.74, 6) is 0. The second kappa shape index (κ2) is 6.11. The van der Waals surface area contributed by atoms with E-state index in [2.05, 4.69) is 4.90 Å². The largest absolute Gasteiger partial charge is 0.416 e. The van der Waals surface area contributed by atoms with Crippen molar-refractivity contribution in [3.8, 4) is 0 Å². The topological polar surface area (TPSA) is 38.5 Å². The van der Waals surface area contributed by atoms with Crippen molar-refractivity contribution >= 4 is 0 Å². The van der Waals surface area contributed by atoms with E-state index in [1.54, 1.807) is 6.07 Å². The van der Waals surface area contributed by atoms with Crippen molar-refractivity contribution in [3.63, 3.8) is 0 Å². The first kappa shape index (κ1) is 15.3. The lowest BCUT2D eigenvalue weighted by molar-refractivity contribution is -0.137. The maximum Gasteiger partial charge on any atom is 0.416 e. The van der Waals surface area contributed by atoms with Crippen molar-refractivity contribution in [2.75, 3.05) is 19.6 Å². The zero-order valence-corrected chi connectivity index (χ0v) is 11.4. The third-order valence-electron chi connectivity index (χ3n) is 3.33. The maximum atomic E-state index is 12.7. The number of ether oxygens (including phenoxy) is 1. The van der Waals surface area contributed by atoms with Gasteiger partial charge in [0, 0.05) is 26.2 Å². The maximum absolute atomic E-state index is 12.7. The molecule has 1 aliphatic rings. The van der Waals surface area contributed by atoms with Gasteiger partial charge in [0.25, 0.3) is 0 Å². The molecular weight excluding hydrogens is 269 g/mol. The Morgan fingerprint density at radius 1 is 1.35 bits per heavy atom. The van der Waals surface area contributed by atoms with Crippen molar-refractivity contribution in [1.82, 2.24) is 4.90 Å². The van der Waals surface area contributed by atoms with Crippen LogP contribution in [-0.2, 0) is 17.5 Å². The Bertz CT molecular complexity index is 450. The molecule has 0 saturated carbocycles. The van der Waals surface area contributed by atoms with E-state index in [9.17, 15) is 13.2 Å². The number of morpholine rings is 1. The first-order valence-corrected chi connectivity index (χ1v) is 6.62. The van der Waals surface area contributed by atoms with Gasteiger partial charge in [0.2, 0.25) is 0 Å². The highest BCUT2D eigenvalue weighted by atomic mass is 19.4. The van der Waals surface area contributed by atoms with Crippen molar-refractivity contribution in [1.29, 1.82) is 0 Å². The average molecular weight is 288 g/mol. The van der Waals surface area contributed by atoms with Gasteiger partial charge in [-0.1, -0.05) is 18.2 Å². The first-order valence-electron chi connectivity index (χ1n) is 6.62. The number of nitrogens with two attached hydrogens (primary N) is 1. The highest BCUT2D eigenvalue weighted by Gasteiger charge is 2.31. The van der Waals surface area contributed by atoms with Crippen molar-refractivity contribution < 1.29 is 17.9 Å². The number of halogens is 3. The number of benzene rings is 1. The SMILES string of the molecule is CC1CN(Cc2cccc(C(F)(F)F)c2)CC(CN)O1. The van der Waals surface area contributed by atoms with Gasteiger partial charge >= 0.3 is 6.18 Å². The Morgan fingerprint density at radius 3 is 2.75 bits per heavy atom. The predicted octanol–water partition coefficient (Wildman–Crippen LogP) is 2.25. The molecular formula is C14H19F3N2O. The zero-order valence-electron chi connectivity index (χ0n) is 11.4. The molecule has 2 rings (SSSR count). The van der Waals surface area contributed by atoms with Gasteiger partial charge in [-0.25, -0.2) is 0 Å². The summed E-state index contributed by atoms with van der Waals surface area (Å²) in [5.41, 5.74) is 5.65. The van der Waals surface area contributed by atoms with E-state index >= 15 is 0 Å². The molecule has 1 fully saturated rings. The molecule has 0 aromatic heterocycles. The van der Waals surface area contributed by atoms with Crippen molar-refractivity contribution in [2.24, 2.45) is 5.73 Å². The van der Waals surface area contributed by atoms with E-state index in [4.69, 9.17) is 10.5 Å². The molecule has 3 nitrogen and oxygen atoms in total. The molecule has 0 aliphatic carbocycles. The Kier molecular flexibility index (Phi) is 4.67. The smallest absolute Gasteiger partial charge is 0.371 e. The molecule has 1 aromatic rings. The average Bonchev–Trinajstić information content (AvgIpc) is 2.37. The van der Waals surface area contributed by atoms with Gasteiger partial charge in [-0.2, -0.15) is 13.2 Å². The van der Waals surface area contributed by atoms with Crippen LogP contribution in [0.4, 0.5) is 13.2 Å². The standard InChI is InChI=1S/C14H19F3N2O/c1-10-7-19(9-13(6-18)20-10)8-11-3-2-4-12(5-11)14(15,16)17/h2-5,10,13H,6-9,18H2,1H3. The van der Waals surface area contributed by atoms with E-state index in [0.29, 0.717) is 31.7 Å². The molecule has 1 saturated heterocycles. The van der Waals surface area contributed by atoms with E-state index < -0.39 is 11.7 Å². The van der Waals surface area contributed by atoms with Crippen molar-refractivity contribution in [3.05, 3.63) is 35.4 Å². The summed E-state index contributed by atoms with van der Waals surface area (Å²) in [6.07, 6.45) is -4.30. The number of hydrogen-bond acceptors (Lipinski definition) is 3. The molecule has 6 heteroatoms. The Morgan fingerprint density at radius 2 is 2.10 bits per heavy atom. The fourth-order valence-electron chi connectivity index (χ4n) is 2.50. The lowest BCUT2D eigenvalue weighted by atomic mass is 10.1. The fourth-order valence-corrected chi connectivity index (χ4v) is 2.50. The van der Waals surface area contributed by atoms with Gasteiger partial charge in [-0.05, 0) is 18.6 Å². The van der Waals surface area contributed by atoms with E-state index in [1.807, 2.05) is 6.92 Å². The molecule has 0 radical (unpaired) electrons.